The quantitative estimate of drug-likeness (QED) is 0.103. The Labute approximate surface area is 229 Å². The van der Waals surface area contributed by atoms with Crippen molar-refractivity contribution < 1.29 is 19.1 Å². The number of nitrogens with zero attached hydrogens (tertiary/aromatic N) is 3. The molecule has 12 heteroatoms. The van der Waals surface area contributed by atoms with Crippen molar-refractivity contribution in [3.8, 4) is 0 Å². The third-order valence-corrected chi connectivity index (χ3v) is 5.66. The third kappa shape index (κ3) is 8.91. The fourth-order valence-corrected chi connectivity index (χ4v) is 3.79. The van der Waals surface area contributed by atoms with Crippen molar-refractivity contribution in [2.75, 3.05) is 43.5 Å². The lowest BCUT2D eigenvalue weighted by molar-refractivity contribution is -0.147. The van der Waals surface area contributed by atoms with Crippen LogP contribution in [-0.2, 0) is 19.1 Å². The number of rotatable bonds is 13. The molecular weight excluding hydrogens is 554 g/mol. The molecule has 5 N–H and O–H groups in total. The zero-order valence-electron chi connectivity index (χ0n) is 20.9. The minimum Gasteiger partial charge on any atom is -0.465 e. The number of aromatic nitrogens is 2. The lowest BCUT2D eigenvalue weighted by atomic mass is 10.2. The van der Waals surface area contributed by atoms with Crippen molar-refractivity contribution in [3.63, 3.8) is 0 Å². The summed E-state index contributed by atoms with van der Waals surface area (Å²) in [4.78, 5) is 47.0. The summed E-state index contributed by atoms with van der Waals surface area (Å²) in [6.07, 6.45) is 4.41. The number of ether oxygens (including phenoxy) is 1. The van der Waals surface area contributed by atoms with E-state index in [0.717, 1.165) is 28.7 Å². The number of carbonyl (C=O) groups is 3. The molecular formula is C26H30BrN7O4. The summed E-state index contributed by atoms with van der Waals surface area (Å²) in [6, 6.07) is 12.9. The van der Waals surface area contributed by atoms with Crippen LogP contribution in [0.3, 0.4) is 0 Å². The summed E-state index contributed by atoms with van der Waals surface area (Å²) in [5, 5.41) is 9.75. The molecule has 0 radical (unpaired) electrons. The van der Waals surface area contributed by atoms with Crippen molar-refractivity contribution >= 4 is 61.8 Å². The Bertz CT molecular complexity index is 1300. The number of hydrogen-bond donors (Lipinski definition) is 4. The molecule has 0 saturated heterocycles. The van der Waals surface area contributed by atoms with Crippen LogP contribution in [0.5, 0.6) is 0 Å². The second-order valence-electron chi connectivity index (χ2n) is 8.05. The lowest BCUT2D eigenvalue weighted by Gasteiger charge is -2.20. The topological polar surface area (TPSA) is 152 Å². The van der Waals surface area contributed by atoms with Crippen LogP contribution in [-0.4, -0.2) is 65.6 Å². The fourth-order valence-electron chi connectivity index (χ4n) is 3.39. The lowest BCUT2D eigenvalue weighted by Crippen LogP contribution is -2.42. The maximum atomic E-state index is 12.7. The van der Waals surface area contributed by atoms with Crippen molar-refractivity contribution in [1.82, 2.24) is 20.2 Å². The molecule has 0 atom stereocenters. The second kappa shape index (κ2) is 14.8. The molecule has 0 fully saturated rings. The van der Waals surface area contributed by atoms with Crippen molar-refractivity contribution in [1.29, 1.82) is 0 Å². The normalized spacial score (nSPS) is 10.9. The van der Waals surface area contributed by atoms with E-state index in [0.29, 0.717) is 35.5 Å². The number of nitrogens with one attached hydrogen (secondary N) is 3. The molecule has 3 rings (SSSR count). The van der Waals surface area contributed by atoms with Crippen LogP contribution in [0.2, 0.25) is 0 Å². The highest BCUT2D eigenvalue weighted by molar-refractivity contribution is 9.10. The Hall–Kier alpha value is -3.87. The third-order valence-electron chi connectivity index (χ3n) is 5.16. The number of fused-ring (bicyclic) bond motifs is 1. The Morgan fingerprint density at radius 1 is 1.11 bits per heavy atom. The summed E-state index contributed by atoms with van der Waals surface area (Å²) in [5.74, 6) is -0.985. The molecule has 200 valence electrons. The summed E-state index contributed by atoms with van der Waals surface area (Å²) in [5.41, 5.74) is 7.51. The summed E-state index contributed by atoms with van der Waals surface area (Å²) >= 11 is 3.45. The molecule has 0 spiro atoms. The highest BCUT2D eigenvalue weighted by atomic mass is 79.9. The molecule has 38 heavy (non-hydrogen) atoms. The predicted octanol–water partition coefficient (Wildman–Crippen LogP) is 2.92. The molecule has 0 bridgehead atoms. The van der Waals surface area contributed by atoms with Gasteiger partial charge in [-0.05, 0) is 62.8 Å². The van der Waals surface area contributed by atoms with Gasteiger partial charge in [-0.1, -0.05) is 22.0 Å². The summed E-state index contributed by atoms with van der Waals surface area (Å²) < 4.78 is 5.86. The Balaban J connectivity index is 1.68. The molecule has 3 aromatic rings. The minimum absolute atomic E-state index is 0.113. The van der Waals surface area contributed by atoms with Crippen molar-refractivity contribution in [2.24, 2.45) is 5.73 Å². The number of halogens is 1. The molecule has 0 saturated carbocycles. The number of hydrogen-bond acceptors (Lipinski definition) is 9. The zero-order valence-corrected chi connectivity index (χ0v) is 22.5. The van der Waals surface area contributed by atoms with Gasteiger partial charge in [-0.3, -0.25) is 19.7 Å². The smallest absolute Gasteiger partial charge is 0.325 e. The Morgan fingerprint density at radius 3 is 2.71 bits per heavy atom. The SMILES string of the molecule is CCOC(=O)CN(CNCCCN)C(=O)/C=C/C(=O)Nc1ccc2ncnc(Nc3cccc(Br)c3)c2c1. The molecule has 11 nitrogen and oxygen atoms in total. The average molecular weight is 584 g/mol. The molecule has 1 heterocycles. The average Bonchev–Trinajstić information content (AvgIpc) is 2.89. The predicted molar refractivity (Wildman–Crippen MR) is 150 cm³/mol. The van der Waals surface area contributed by atoms with Gasteiger partial charge in [0.05, 0.1) is 18.8 Å². The molecule has 0 aliphatic heterocycles. The van der Waals surface area contributed by atoms with E-state index in [1.54, 1.807) is 25.1 Å². The Morgan fingerprint density at radius 2 is 1.95 bits per heavy atom. The second-order valence-corrected chi connectivity index (χ2v) is 8.97. The van der Waals surface area contributed by atoms with Crippen molar-refractivity contribution in [2.45, 2.75) is 13.3 Å². The van der Waals surface area contributed by atoms with E-state index in [2.05, 4.69) is 41.8 Å². The largest absolute Gasteiger partial charge is 0.465 e. The van der Waals surface area contributed by atoms with Crippen molar-refractivity contribution in [3.05, 3.63) is 65.4 Å². The number of benzene rings is 2. The van der Waals surface area contributed by atoms with Gasteiger partial charge in [0.25, 0.3) is 0 Å². The van der Waals surface area contributed by atoms with E-state index in [1.807, 2.05) is 24.3 Å². The van der Waals surface area contributed by atoms with E-state index in [1.165, 1.54) is 11.2 Å². The number of nitrogens with two attached hydrogens (primary N) is 1. The van der Waals surface area contributed by atoms with Crippen LogP contribution >= 0.6 is 15.9 Å². The van der Waals surface area contributed by atoms with E-state index in [4.69, 9.17) is 10.5 Å². The van der Waals surface area contributed by atoms with Crippen LogP contribution < -0.4 is 21.7 Å². The van der Waals surface area contributed by atoms with E-state index >= 15 is 0 Å². The van der Waals surface area contributed by atoms with E-state index in [-0.39, 0.29) is 19.8 Å². The van der Waals surface area contributed by atoms with Crippen LogP contribution in [0, 0.1) is 0 Å². The maximum Gasteiger partial charge on any atom is 0.325 e. The fraction of sp³-hybridized carbons (Fsp3) is 0.269. The van der Waals surface area contributed by atoms with Crippen LogP contribution in [0.1, 0.15) is 13.3 Å². The van der Waals surface area contributed by atoms with Gasteiger partial charge in [0.1, 0.15) is 18.7 Å². The zero-order chi connectivity index (χ0) is 27.3. The van der Waals surface area contributed by atoms with Gasteiger partial charge >= 0.3 is 5.97 Å². The standard InChI is InChI=1S/C26H30BrN7O4/c1-2-38-25(37)15-34(17-29-12-4-11-28)24(36)10-9-23(35)32-20-7-8-22-21(14-20)26(31-16-30-22)33-19-6-3-5-18(27)13-19/h3,5-10,13-14,16,29H,2,4,11-12,15,17,28H2,1H3,(H,32,35)(H,30,31,33)/b10-9+. The molecule has 0 aliphatic carbocycles. The van der Waals surface area contributed by atoms with Gasteiger partial charge in [0.15, 0.2) is 0 Å². The molecule has 0 aliphatic rings. The number of esters is 1. The van der Waals surface area contributed by atoms with Gasteiger partial charge in [0, 0.05) is 33.4 Å². The highest BCUT2D eigenvalue weighted by Gasteiger charge is 2.16. The summed E-state index contributed by atoms with van der Waals surface area (Å²) in [7, 11) is 0. The van der Waals surface area contributed by atoms with Crippen LogP contribution in [0.4, 0.5) is 17.2 Å². The van der Waals surface area contributed by atoms with Gasteiger partial charge in [-0.15, -0.1) is 0 Å². The first-order valence-corrected chi connectivity index (χ1v) is 12.8. The van der Waals surface area contributed by atoms with Gasteiger partial charge in [-0.25, -0.2) is 9.97 Å². The first kappa shape index (κ1) is 28.7. The van der Waals surface area contributed by atoms with E-state index < -0.39 is 17.8 Å². The van der Waals surface area contributed by atoms with Crippen LogP contribution in [0.25, 0.3) is 10.9 Å². The summed E-state index contributed by atoms with van der Waals surface area (Å²) in [6.45, 7) is 2.84. The number of anilines is 3. The molecule has 2 aromatic carbocycles. The first-order chi connectivity index (χ1) is 18.4. The molecule has 0 unspecified atom stereocenters. The number of carbonyl (C=O) groups excluding carboxylic acids is 3. The monoisotopic (exact) mass is 583 g/mol. The number of amides is 2. The first-order valence-electron chi connectivity index (χ1n) is 12.0. The maximum absolute atomic E-state index is 12.7. The Kier molecular flexibility index (Phi) is 11.1. The van der Waals surface area contributed by atoms with Crippen LogP contribution in [0.15, 0.2) is 65.4 Å². The van der Waals surface area contributed by atoms with Gasteiger partial charge < -0.3 is 26.0 Å². The van der Waals surface area contributed by atoms with E-state index in [9.17, 15) is 14.4 Å². The van der Waals surface area contributed by atoms with Gasteiger partial charge in [-0.2, -0.15) is 0 Å². The molecule has 2 amide bonds. The minimum atomic E-state index is -0.537. The highest BCUT2D eigenvalue weighted by Crippen LogP contribution is 2.27. The molecule has 1 aromatic heterocycles. The van der Waals surface area contributed by atoms with Gasteiger partial charge in [0.2, 0.25) is 11.8 Å².